The van der Waals surface area contributed by atoms with Gasteiger partial charge in [0.05, 0.1) is 20.8 Å². The fraction of sp³-hybridized carbons (Fsp3) is 0.696. The smallest absolute Gasteiger partial charge is 0.191 e. The van der Waals surface area contributed by atoms with Gasteiger partial charge < -0.3 is 29.9 Å². The molecule has 30 heavy (non-hydrogen) atoms. The van der Waals surface area contributed by atoms with Crippen LogP contribution in [0.25, 0.3) is 0 Å². The Kier molecular flexibility index (Phi) is 10.6. The number of nitrogens with zero attached hydrogens (tertiary/aromatic N) is 3. The summed E-state index contributed by atoms with van der Waals surface area (Å²) in [5, 5.41) is 7.04. The van der Waals surface area contributed by atoms with Crippen molar-refractivity contribution in [2.45, 2.75) is 46.1 Å². The molecule has 0 aromatic heterocycles. The van der Waals surface area contributed by atoms with Gasteiger partial charge in [0.25, 0.3) is 0 Å². The molecule has 7 nitrogen and oxygen atoms in total. The van der Waals surface area contributed by atoms with Crippen molar-refractivity contribution in [1.82, 2.24) is 15.5 Å². The molecule has 1 aliphatic heterocycles. The van der Waals surface area contributed by atoms with Gasteiger partial charge in [-0.1, -0.05) is 13.8 Å². The van der Waals surface area contributed by atoms with E-state index >= 15 is 0 Å². The molecule has 1 aromatic carbocycles. The van der Waals surface area contributed by atoms with E-state index in [1.165, 1.54) is 6.42 Å². The summed E-state index contributed by atoms with van der Waals surface area (Å²) in [4.78, 5) is 9.66. The molecule has 0 radical (unpaired) electrons. The Morgan fingerprint density at radius 2 is 1.73 bits per heavy atom. The molecular weight excluding hydrogens is 378 g/mol. The minimum Gasteiger partial charge on any atom is -0.497 e. The van der Waals surface area contributed by atoms with Crippen molar-refractivity contribution >= 4 is 11.6 Å². The lowest BCUT2D eigenvalue weighted by molar-refractivity contribution is 0.297. The summed E-state index contributed by atoms with van der Waals surface area (Å²) >= 11 is 0. The fourth-order valence-electron chi connectivity index (χ4n) is 3.82. The van der Waals surface area contributed by atoms with Crippen LogP contribution < -0.4 is 25.0 Å². The predicted octanol–water partition coefficient (Wildman–Crippen LogP) is 2.96. The third-order valence-electron chi connectivity index (χ3n) is 5.55. The van der Waals surface area contributed by atoms with Crippen LogP contribution in [-0.2, 0) is 0 Å². The standard InChI is InChI=1S/C23H41N5O2/c1-6-12-27(8-3)15-11-25-23(24-7-2)26-19-9-13-28(14-10-19)20-16-21(29-4)18-22(17-20)30-5/h16-19H,6-15H2,1-5H3,(H2,24,25,26). The number of likely N-dealkylation sites (N-methyl/N-ethyl adjacent to an activating group) is 1. The van der Waals surface area contributed by atoms with Gasteiger partial charge in [-0.3, -0.25) is 4.99 Å². The molecule has 1 aliphatic rings. The summed E-state index contributed by atoms with van der Waals surface area (Å²) in [6.07, 6.45) is 3.33. The number of guanidine groups is 1. The van der Waals surface area contributed by atoms with Gasteiger partial charge in [-0.05, 0) is 39.3 Å². The number of methoxy groups -OCH3 is 2. The second-order valence-corrected chi connectivity index (χ2v) is 7.67. The van der Waals surface area contributed by atoms with Crippen LogP contribution in [0.4, 0.5) is 5.69 Å². The van der Waals surface area contributed by atoms with Gasteiger partial charge in [-0.2, -0.15) is 0 Å². The normalized spacial score (nSPS) is 15.4. The Labute approximate surface area is 182 Å². The van der Waals surface area contributed by atoms with Crippen LogP contribution in [-0.4, -0.2) is 76.9 Å². The zero-order valence-electron chi connectivity index (χ0n) is 19.5. The molecule has 0 atom stereocenters. The topological polar surface area (TPSA) is 61.4 Å². The van der Waals surface area contributed by atoms with Crippen molar-refractivity contribution in [1.29, 1.82) is 0 Å². The molecule has 0 saturated carbocycles. The molecule has 0 spiro atoms. The van der Waals surface area contributed by atoms with E-state index in [1.807, 2.05) is 6.07 Å². The Bertz CT molecular complexity index is 622. The SMILES string of the molecule is CCCN(CC)CCN=C(NCC)NC1CCN(c2cc(OC)cc(OC)c2)CC1. The fourth-order valence-corrected chi connectivity index (χ4v) is 3.82. The summed E-state index contributed by atoms with van der Waals surface area (Å²) in [5.74, 6) is 2.59. The van der Waals surface area contributed by atoms with Crippen molar-refractivity contribution in [3.05, 3.63) is 18.2 Å². The average molecular weight is 420 g/mol. The van der Waals surface area contributed by atoms with Crippen LogP contribution in [0.1, 0.15) is 40.0 Å². The highest BCUT2D eigenvalue weighted by Gasteiger charge is 2.21. The van der Waals surface area contributed by atoms with Gasteiger partial charge in [0.15, 0.2) is 5.96 Å². The second kappa shape index (κ2) is 13.2. The molecule has 0 amide bonds. The van der Waals surface area contributed by atoms with E-state index in [0.717, 1.165) is 81.8 Å². The Balaban J connectivity index is 1.89. The van der Waals surface area contributed by atoms with Crippen LogP contribution in [0.15, 0.2) is 23.2 Å². The van der Waals surface area contributed by atoms with Gasteiger partial charge >= 0.3 is 0 Å². The van der Waals surface area contributed by atoms with E-state index < -0.39 is 0 Å². The lowest BCUT2D eigenvalue weighted by Crippen LogP contribution is -2.49. The molecule has 2 rings (SSSR count). The molecule has 1 saturated heterocycles. The summed E-state index contributed by atoms with van der Waals surface area (Å²) in [6.45, 7) is 13.5. The zero-order valence-corrected chi connectivity index (χ0v) is 19.5. The van der Waals surface area contributed by atoms with Crippen molar-refractivity contribution < 1.29 is 9.47 Å². The number of hydrogen-bond donors (Lipinski definition) is 2. The Morgan fingerprint density at radius 3 is 2.27 bits per heavy atom. The maximum Gasteiger partial charge on any atom is 0.191 e. The first kappa shape index (κ1) is 24.1. The van der Waals surface area contributed by atoms with E-state index in [-0.39, 0.29) is 0 Å². The van der Waals surface area contributed by atoms with Gasteiger partial charge in [0, 0.05) is 56.1 Å². The monoisotopic (exact) mass is 419 g/mol. The average Bonchev–Trinajstić information content (AvgIpc) is 2.78. The van der Waals surface area contributed by atoms with Gasteiger partial charge in [0.1, 0.15) is 11.5 Å². The molecule has 1 heterocycles. The summed E-state index contributed by atoms with van der Waals surface area (Å²) in [6, 6.07) is 6.51. The van der Waals surface area contributed by atoms with Crippen molar-refractivity contribution in [3.63, 3.8) is 0 Å². The number of benzene rings is 1. The predicted molar refractivity (Wildman–Crippen MR) is 126 cm³/mol. The first-order valence-corrected chi connectivity index (χ1v) is 11.4. The number of hydrogen-bond acceptors (Lipinski definition) is 5. The van der Waals surface area contributed by atoms with Crippen molar-refractivity contribution in [2.75, 3.05) is 64.9 Å². The van der Waals surface area contributed by atoms with E-state index in [9.17, 15) is 0 Å². The number of piperidine rings is 1. The Morgan fingerprint density at radius 1 is 1.07 bits per heavy atom. The summed E-state index contributed by atoms with van der Waals surface area (Å²) in [7, 11) is 3.39. The third-order valence-corrected chi connectivity index (χ3v) is 5.55. The summed E-state index contributed by atoms with van der Waals surface area (Å²) < 4.78 is 10.8. The molecule has 0 aliphatic carbocycles. The molecule has 0 bridgehead atoms. The zero-order chi connectivity index (χ0) is 21.8. The van der Waals surface area contributed by atoms with E-state index in [2.05, 4.69) is 53.3 Å². The molecule has 2 N–H and O–H groups in total. The minimum atomic E-state index is 0.435. The van der Waals surface area contributed by atoms with Gasteiger partial charge in [-0.25, -0.2) is 0 Å². The van der Waals surface area contributed by atoms with Crippen LogP contribution >= 0.6 is 0 Å². The first-order chi connectivity index (χ1) is 14.6. The molecule has 170 valence electrons. The third kappa shape index (κ3) is 7.59. The lowest BCUT2D eigenvalue weighted by atomic mass is 10.0. The molecular formula is C23H41N5O2. The highest BCUT2D eigenvalue weighted by Crippen LogP contribution is 2.30. The first-order valence-electron chi connectivity index (χ1n) is 11.4. The quantitative estimate of drug-likeness (QED) is 0.425. The highest BCUT2D eigenvalue weighted by atomic mass is 16.5. The maximum atomic E-state index is 5.42. The van der Waals surface area contributed by atoms with Crippen LogP contribution in [0.2, 0.25) is 0 Å². The van der Waals surface area contributed by atoms with Crippen LogP contribution in [0.5, 0.6) is 11.5 Å². The van der Waals surface area contributed by atoms with E-state index in [0.29, 0.717) is 6.04 Å². The number of anilines is 1. The molecule has 1 aromatic rings. The number of ether oxygens (including phenoxy) is 2. The number of rotatable bonds is 11. The van der Waals surface area contributed by atoms with Gasteiger partial charge in [-0.15, -0.1) is 0 Å². The molecule has 1 fully saturated rings. The second-order valence-electron chi connectivity index (χ2n) is 7.67. The molecule has 0 unspecified atom stereocenters. The lowest BCUT2D eigenvalue weighted by Gasteiger charge is -2.35. The summed E-state index contributed by atoms with van der Waals surface area (Å²) in [5.41, 5.74) is 1.15. The highest BCUT2D eigenvalue weighted by molar-refractivity contribution is 5.80. The van der Waals surface area contributed by atoms with Crippen LogP contribution in [0.3, 0.4) is 0 Å². The van der Waals surface area contributed by atoms with Crippen molar-refractivity contribution in [2.24, 2.45) is 4.99 Å². The largest absolute Gasteiger partial charge is 0.497 e. The van der Waals surface area contributed by atoms with Gasteiger partial charge in [0.2, 0.25) is 0 Å². The Hall–Kier alpha value is -2.15. The maximum absolute atomic E-state index is 5.42. The minimum absolute atomic E-state index is 0.435. The van der Waals surface area contributed by atoms with E-state index in [4.69, 9.17) is 14.5 Å². The van der Waals surface area contributed by atoms with Crippen molar-refractivity contribution in [3.8, 4) is 11.5 Å². The van der Waals surface area contributed by atoms with E-state index in [1.54, 1.807) is 14.2 Å². The van der Waals surface area contributed by atoms with Crippen LogP contribution in [0, 0.1) is 0 Å². The number of aliphatic imine (C=N–C) groups is 1. The molecule has 7 heteroatoms. The number of nitrogens with one attached hydrogen (secondary N) is 2.